The van der Waals surface area contributed by atoms with E-state index in [1.807, 2.05) is 28.8 Å². The highest BCUT2D eigenvalue weighted by atomic mass is 16.5. The van der Waals surface area contributed by atoms with Gasteiger partial charge in [0.2, 0.25) is 0 Å². The van der Waals surface area contributed by atoms with Gasteiger partial charge in [-0.25, -0.2) is 0 Å². The molecule has 0 fully saturated rings. The molecule has 0 aliphatic carbocycles. The van der Waals surface area contributed by atoms with Crippen LogP contribution in [0.2, 0.25) is 0 Å². The number of fused-ring (bicyclic) bond motifs is 1. The first-order chi connectivity index (χ1) is 9.28. The van der Waals surface area contributed by atoms with E-state index in [4.69, 9.17) is 4.74 Å². The third kappa shape index (κ3) is 2.33. The summed E-state index contributed by atoms with van der Waals surface area (Å²) >= 11 is 0. The number of methoxy groups -OCH3 is 1. The number of hydrogen-bond acceptors (Lipinski definition) is 4. The number of aliphatic hydroxyl groups excluding tert-OH is 1. The standard InChI is InChI=1S/C14H17N3O2/c1-19-11-5-2-4-10(8-11)9-13-15-16-14-12(18)6-3-7-17(13)14/h2,4-5,8,12,18H,3,6-7,9H2,1H3. The molecule has 3 rings (SSSR count). The summed E-state index contributed by atoms with van der Waals surface area (Å²) in [5.74, 6) is 2.45. The molecular weight excluding hydrogens is 242 g/mol. The maximum absolute atomic E-state index is 9.88. The van der Waals surface area contributed by atoms with Gasteiger partial charge in [0.25, 0.3) is 0 Å². The molecule has 2 heterocycles. The molecule has 1 aliphatic heterocycles. The molecule has 5 nitrogen and oxygen atoms in total. The molecule has 0 saturated carbocycles. The van der Waals surface area contributed by atoms with E-state index in [1.54, 1.807) is 7.11 Å². The van der Waals surface area contributed by atoms with E-state index >= 15 is 0 Å². The minimum absolute atomic E-state index is 0.472. The van der Waals surface area contributed by atoms with Crippen LogP contribution in [0.3, 0.4) is 0 Å². The Labute approximate surface area is 111 Å². The smallest absolute Gasteiger partial charge is 0.161 e. The maximum Gasteiger partial charge on any atom is 0.161 e. The zero-order chi connectivity index (χ0) is 13.2. The van der Waals surface area contributed by atoms with Crippen LogP contribution in [0, 0.1) is 0 Å². The van der Waals surface area contributed by atoms with Gasteiger partial charge in [-0.05, 0) is 30.5 Å². The predicted molar refractivity (Wildman–Crippen MR) is 70.0 cm³/mol. The lowest BCUT2D eigenvalue weighted by Gasteiger charge is -2.19. The molecular formula is C14H17N3O2. The van der Waals surface area contributed by atoms with E-state index in [2.05, 4.69) is 10.2 Å². The summed E-state index contributed by atoms with van der Waals surface area (Å²) in [5, 5.41) is 18.2. The lowest BCUT2D eigenvalue weighted by atomic mass is 10.1. The van der Waals surface area contributed by atoms with Crippen LogP contribution in [-0.2, 0) is 13.0 Å². The molecule has 1 N–H and O–H groups in total. The summed E-state index contributed by atoms with van der Waals surface area (Å²) < 4.78 is 7.26. The Balaban J connectivity index is 1.87. The van der Waals surface area contributed by atoms with Crippen LogP contribution in [0.15, 0.2) is 24.3 Å². The molecule has 0 spiro atoms. The summed E-state index contributed by atoms with van der Waals surface area (Å²) in [6, 6.07) is 7.94. The van der Waals surface area contributed by atoms with Crippen molar-refractivity contribution >= 4 is 0 Å². The van der Waals surface area contributed by atoms with Gasteiger partial charge in [-0.2, -0.15) is 0 Å². The first-order valence-corrected chi connectivity index (χ1v) is 6.51. The quantitative estimate of drug-likeness (QED) is 0.911. The van der Waals surface area contributed by atoms with E-state index in [0.717, 1.165) is 36.5 Å². The number of nitrogens with zero attached hydrogens (tertiary/aromatic N) is 3. The first kappa shape index (κ1) is 12.2. The normalized spacial score (nSPS) is 18.1. The Bertz CT molecular complexity index is 580. The zero-order valence-corrected chi connectivity index (χ0v) is 10.9. The number of aliphatic hydroxyl groups is 1. The fourth-order valence-corrected chi connectivity index (χ4v) is 2.51. The van der Waals surface area contributed by atoms with Crippen molar-refractivity contribution in [2.24, 2.45) is 0 Å². The van der Waals surface area contributed by atoms with Gasteiger partial charge in [-0.3, -0.25) is 0 Å². The minimum atomic E-state index is -0.472. The molecule has 0 radical (unpaired) electrons. The van der Waals surface area contributed by atoms with Crippen molar-refractivity contribution < 1.29 is 9.84 Å². The minimum Gasteiger partial charge on any atom is -0.497 e. The highest BCUT2D eigenvalue weighted by Crippen LogP contribution is 2.25. The van der Waals surface area contributed by atoms with Gasteiger partial charge in [0.05, 0.1) is 7.11 Å². The molecule has 1 unspecified atom stereocenters. The number of rotatable bonds is 3. The van der Waals surface area contributed by atoms with Crippen molar-refractivity contribution in [1.82, 2.24) is 14.8 Å². The molecule has 1 aliphatic rings. The molecule has 19 heavy (non-hydrogen) atoms. The molecule has 0 bridgehead atoms. The third-order valence-corrected chi connectivity index (χ3v) is 3.51. The second-order valence-corrected chi connectivity index (χ2v) is 4.81. The van der Waals surface area contributed by atoms with Crippen LogP contribution in [-0.4, -0.2) is 27.0 Å². The number of aromatic nitrogens is 3. The number of ether oxygens (including phenoxy) is 1. The molecule has 1 aromatic carbocycles. The van der Waals surface area contributed by atoms with E-state index in [0.29, 0.717) is 12.2 Å². The van der Waals surface area contributed by atoms with Gasteiger partial charge in [-0.15, -0.1) is 10.2 Å². The van der Waals surface area contributed by atoms with Crippen LogP contribution in [0.1, 0.15) is 36.2 Å². The highest BCUT2D eigenvalue weighted by molar-refractivity contribution is 5.30. The molecule has 0 amide bonds. The van der Waals surface area contributed by atoms with E-state index in [9.17, 15) is 5.11 Å². The van der Waals surface area contributed by atoms with Crippen molar-refractivity contribution in [3.63, 3.8) is 0 Å². The Morgan fingerprint density at radius 3 is 3.16 bits per heavy atom. The summed E-state index contributed by atoms with van der Waals surface area (Å²) in [5.41, 5.74) is 1.13. The Kier molecular flexibility index (Phi) is 3.21. The Morgan fingerprint density at radius 1 is 1.42 bits per heavy atom. The molecule has 1 aromatic heterocycles. The largest absolute Gasteiger partial charge is 0.497 e. The fraction of sp³-hybridized carbons (Fsp3) is 0.429. The average molecular weight is 259 g/mol. The zero-order valence-electron chi connectivity index (χ0n) is 10.9. The first-order valence-electron chi connectivity index (χ1n) is 6.51. The van der Waals surface area contributed by atoms with E-state index in [1.165, 1.54) is 0 Å². The van der Waals surface area contributed by atoms with Crippen LogP contribution >= 0.6 is 0 Å². The lowest BCUT2D eigenvalue weighted by molar-refractivity contribution is 0.133. The Hall–Kier alpha value is -1.88. The van der Waals surface area contributed by atoms with Gasteiger partial charge in [-0.1, -0.05) is 12.1 Å². The number of benzene rings is 1. The van der Waals surface area contributed by atoms with Crippen molar-refractivity contribution in [2.45, 2.75) is 31.9 Å². The summed E-state index contributed by atoms with van der Waals surface area (Å²) in [7, 11) is 1.66. The summed E-state index contributed by atoms with van der Waals surface area (Å²) in [6.45, 7) is 0.888. The van der Waals surface area contributed by atoms with Crippen LogP contribution < -0.4 is 4.74 Å². The van der Waals surface area contributed by atoms with Crippen LogP contribution in [0.5, 0.6) is 5.75 Å². The maximum atomic E-state index is 9.88. The number of hydrogen-bond donors (Lipinski definition) is 1. The predicted octanol–water partition coefficient (Wildman–Crippen LogP) is 1.70. The van der Waals surface area contributed by atoms with Gasteiger partial charge in [0.1, 0.15) is 17.7 Å². The third-order valence-electron chi connectivity index (χ3n) is 3.51. The average Bonchev–Trinajstić information content (AvgIpc) is 2.84. The van der Waals surface area contributed by atoms with Crippen LogP contribution in [0.25, 0.3) is 0 Å². The molecule has 0 saturated heterocycles. The van der Waals surface area contributed by atoms with E-state index < -0.39 is 6.10 Å². The molecule has 2 aromatic rings. The van der Waals surface area contributed by atoms with Gasteiger partial charge < -0.3 is 14.4 Å². The van der Waals surface area contributed by atoms with Gasteiger partial charge in [0.15, 0.2) is 5.82 Å². The molecule has 5 heteroatoms. The molecule has 100 valence electrons. The second kappa shape index (κ2) is 5.01. The Morgan fingerprint density at radius 2 is 2.32 bits per heavy atom. The van der Waals surface area contributed by atoms with Crippen molar-refractivity contribution in [3.8, 4) is 5.75 Å². The summed E-state index contributed by atoms with van der Waals surface area (Å²) in [4.78, 5) is 0. The lowest BCUT2D eigenvalue weighted by Crippen LogP contribution is -2.17. The van der Waals surface area contributed by atoms with Gasteiger partial charge >= 0.3 is 0 Å². The van der Waals surface area contributed by atoms with Crippen LogP contribution in [0.4, 0.5) is 0 Å². The highest BCUT2D eigenvalue weighted by Gasteiger charge is 2.23. The second-order valence-electron chi connectivity index (χ2n) is 4.81. The monoisotopic (exact) mass is 259 g/mol. The van der Waals surface area contributed by atoms with Crippen molar-refractivity contribution in [1.29, 1.82) is 0 Å². The van der Waals surface area contributed by atoms with Crippen molar-refractivity contribution in [3.05, 3.63) is 41.5 Å². The SMILES string of the molecule is COc1cccc(Cc2nnc3n2CCCC3O)c1. The summed E-state index contributed by atoms with van der Waals surface area (Å²) in [6.07, 6.45) is 1.98. The van der Waals surface area contributed by atoms with Gasteiger partial charge in [0, 0.05) is 13.0 Å². The fourth-order valence-electron chi connectivity index (χ4n) is 2.51. The topological polar surface area (TPSA) is 60.2 Å². The van der Waals surface area contributed by atoms with Crippen molar-refractivity contribution in [2.75, 3.05) is 7.11 Å². The van der Waals surface area contributed by atoms with E-state index in [-0.39, 0.29) is 0 Å². The molecule has 1 atom stereocenters.